The van der Waals surface area contributed by atoms with Crippen LogP contribution in [0.4, 0.5) is 4.79 Å². The molecule has 0 aromatic carbocycles. The van der Waals surface area contributed by atoms with E-state index in [1.165, 1.54) is 32.1 Å². The molecule has 1 atom stereocenters. The second-order valence-electron chi connectivity index (χ2n) is 5.97. The first kappa shape index (κ1) is 16.5. The number of amides is 2. The molecule has 0 aliphatic heterocycles. The van der Waals surface area contributed by atoms with E-state index in [2.05, 4.69) is 11.9 Å². The summed E-state index contributed by atoms with van der Waals surface area (Å²) in [5.74, 6) is 0.725. The number of nitrogens with one attached hydrogen (secondary N) is 1. The van der Waals surface area contributed by atoms with Crippen molar-refractivity contribution >= 4 is 6.03 Å². The van der Waals surface area contributed by atoms with Crippen molar-refractivity contribution in [3.63, 3.8) is 0 Å². The fraction of sp³-hybridized carbons (Fsp3) is 0.588. The van der Waals surface area contributed by atoms with Gasteiger partial charge in [0.1, 0.15) is 5.76 Å². The minimum Gasteiger partial charge on any atom is -0.467 e. The van der Waals surface area contributed by atoms with Crippen molar-refractivity contribution in [2.24, 2.45) is 5.73 Å². The summed E-state index contributed by atoms with van der Waals surface area (Å²) in [6, 6.07) is 3.55. The average molecular weight is 305 g/mol. The molecule has 1 fully saturated rings. The quantitative estimate of drug-likeness (QED) is 0.811. The van der Waals surface area contributed by atoms with Crippen molar-refractivity contribution < 1.29 is 9.21 Å². The highest BCUT2D eigenvalue weighted by Crippen LogP contribution is 2.21. The van der Waals surface area contributed by atoms with Gasteiger partial charge in [-0.1, -0.05) is 32.8 Å². The molecule has 1 aromatic heterocycles. The van der Waals surface area contributed by atoms with Crippen molar-refractivity contribution in [3.05, 3.63) is 36.4 Å². The molecule has 2 rings (SSSR count). The van der Waals surface area contributed by atoms with Crippen LogP contribution in [0.2, 0.25) is 0 Å². The number of urea groups is 1. The van der Waals surface area contributed by atoms with E-state index in [-0.39, 0.29) is 6.04 Å². The molecule has 1 heterocycles. The van der Waals surface area contributed by atoms with Crippen LogP contribution in [0.1, 0.15) is 51.2 Å². The largest absolute Gasteiger partial charge is 0.467 e. The molecule has 22 heavy (non-hydrogen) atoms. The fourth-order valence-corrected chi connectivity index (χ4v) is 3.17. The lowest BCUT2D eigenvalue weighted by Crippen LogP contribution is -2.47. The molecule has 5 nitrogen and oxygen atoms in total. The van der Waals surface area contributed by atoms with Gasteiger partial charge in [0.25, 0.3) is 0 Å². The topological polar surface area (TPSA) is 71.5 Å². The number of furan rings is 1. The molecular weight excluding hydrogens is 278 g/mol. The monoisotopic (exact) mass is 305 g/mol. The van der Waals surface area contributed by atoms with Crippen LogP contribution in [0.3, 0.4) is 0 Å². The Morgan fingerprint density at radius 3 is 2.77 bits per heavy atom. The Morgan fingerprint density at radius 1 is 1.50 bits per heavy atom. The Labute approximate surface area is 132 Å². The van der Waals surface area contributed by atoms with Crippen LogP contribution in [0.5, 0.6) is 0 Å². The summed E-state index contributed by atoms with van der Waals surface area (Å²) in [6.45, 7) is 6.57. The number of nitrogens with two attached hydrogens (primary N) is 1. The number of rotatable bonds is 7. The molecule has 1 aliphatic rings. The molecule has 5 heteroatoms. The van der Waals surface area contributed by atoms with E-state index in [0.29, 0.717) is 12.6 Å². The lowest BCUT2D eigenvalue weighted by molar-refractivity contribution is 0.177. The van der Waals surface area contributed by atoms with Gasteiger partial charge in [-0.05, 0) is 31.4 Å². The van der Waals surface area contributed by atoms with Crippen LogP contribution in [0, 0.1) is 0 Å². The van der Waals surface area contributed by atoms with E-state index in [0.717, 1.165) is 17.9 Å². The van der Waals surface area contributed by atoms with Crippen LogP contribution in [-0.2, 0) is 6.54 Å². The van der Waals surface area contributed by atoms with Crippen LogP contribution in [-0.4, -0.2) is 23.0 Å². The highest BCUT2D eigenvalue weighted by atomic mass is 16.3. The van der Waals surface area contributed by atoms with Crippen LogP contribution in [0.25, 0.3) is 0 Å². The van der Waals surface area contributed by atoms with E-state index in [1.54, 1.807) is 11.2 Å². The Bertz CT molecular complexity index is 478. The zero-order valence-corrected chi connectivity index (χ0v) is 13.4. The van der Waals surface area contributed by atoms with Gasteiger partial charge in [0, 0.05) is 11.7 Å². The summed E-state index contributed by atoms with van der Waals surface area (Å²) in [5, 5.41) is 3.51. The maximum atomic E-state index is 11.9. The molecule has 0 spiro atoms. The third kappa shape index (κ3) is 4.29. The van der Waals surface area contributed by atoms with Crippen molar-refractivity contribution in [3.8, 4) is 0 Å². The summed E-state index contributed by atoms with van der Waals surface area (Å²) in [5.41, 5.74) is 6.45. The molecular formula is C17H27N3O2. The molecule has 122 valence electrons. The van der Waals surface area contributed by atoms with Gasteiger partial charge in [-0.2, -0.15) is 0 Å². The van der Waals surface area contributed by atoms with E-state index < -0.39 is 6.03 Å². The molecule has 0 bridgehead atoms. The van der Waals surface area contributed by atoms with Gasteiger partial charge < -0.3 is 20.4 Å². The maximum Gasteiger partial charge on any atom is 0.315 e. The molecule has 3 N–H and O–H groups in total. The lowest BCUT2D eigenvalue weighted by atomic mass is 9.95. The van der Waals surface area contributed by atoms with Crippen molar-refractivity contribution in [2.45, 2.75) is 64.1 Å². The molecule has 0 saturated heterocycles. The van der Waals surface area contributed by atoms with Gasteiger partial charge in [0.15, 0.2) is 0 Å². The van der Waals surface area contributed by atoms with Crippen LogP contribution < -0.4 is 11.1 Å². The Kier molecular flexibility index (Phi) is 5.92. The molecule has 1 unspecified atom stereocenters. The van der Waals surface area contributed by atoms with E-state index >= 15 is 0 Å². The summed E-state index contributed by atoms with van der Waals surface area (Å²) in [4.78, 5) is 13.5. The molecule has 2 amide bonds. The van der Waals surface area contributed by atoms with Gasteiger partial charge in [0.05, 0.1) is 18.8 Å². The predicted molar refractivity (Wildman–Crippen MR) is 87.1 cm³/mol. The average Bonchev–Trinajstić information content (AvgIpc) is 3.01. The second-order valence-corrected chi connectivity index (χ2v) is 5.97. The molecule has 0 radical (unpaired) electrons. The number of carbonyl (C=O) groups is 1. The normalized spacial score (nSPS) is 17.0. The standard InChI is InChI=1S/C17H27N3O2/c1-3-16(13(2)19-14-8-5-4-6-9-14)20(17(18)21)12-15-10-7-11-22-15/h7,10-11,14,16,19H,2-6,8-9,12H2,1H3,(H2,18,21). The van der Waals surface area contributed by atoms with Gasteiger partial charge in [0.2, 0.25) is 0 Å². The zero-order valence-electron chi connectivity index (χ0n) is 13.4. The fourth-order valence-electron chi connectivity index (χ4n) is 3.17. The smallest absolute Gasteiger partial charge is 0.315 e. The Balaban J connectivity index is 2.01. The predicted octanol–water partition coefficient (Wildman–Crippen LogP) is 3.37. The third-order valence-electron chi connectivity index (χ3n) is 4.35. The zero-order chi connectivity index (χ0) is 15.9. The van der Waals surface area contributed by atoms with Crippen LogP contribution >= 0.6 is 0 Å². The third-order valence-corrected chi connectivity index (χ3v) is 4.35. The minimum atomic E-state index is -0.449. The number of primary amides is 1. The highest BCUT2D eigenvalue weighted by molar-refractivity contribution is 5.72. The van der Waals surface area contributed by atoms with Crippen molar-refractivity contribution in [1.29, 1.82) is 0 Å². The maximum absolute atomic E-state index is 11.9. The highest BCUT2D eigenvalue weighted by Gasteiger charge is 2.25. The first-order chi connectivity index (χ1) is 10.6. The summed E-state index contributed by atoms with van der Waals surface area (Å²) < 4.78 is 5.34. The van der Waals surface area contributed by atoms with Gasteiger partial charge in [-0.15, -0.1) is 0 Å². The van der Waals surface area contributed by atoms with Gasteiger partial charge in [-0.25, -0.2) is 4.79 Å². The van der Waals surface area contributed by atoms with Gasteiger partial charge >= 0.3 is 6.03 Å². The number of carbonyl (C=O) groups excluding carboxylic acids is 1. The number of hydrogen-bond acceptors (Lipinski definition) is 3. The number of hydrogen-bond donors (Lipinski definition) is 2. The minimum absolute atomic E-state index is 0.121. The molecule has 1 aliphatic carbocycles. The molecule has 1 saturated carbocycles. The summed E-state index contributed by atoms with van der Waals surface area (Å²) in [6.07, 6.45) is 8.54. The SMILES string of the molecule is C=C(NC1CCCCC1)C(CC)N(Cc1ccco1)C(N)=O. The summed E-state index contributed by atoms with van der Waals surface area (Å²) >= 11 is 0. The Hall–Kier alpha value is -1.91. The lowest BCUT2D eigenvalue weighted by Gasteiger charge is -2.34. The van der Waals surface area contributed by atoms with E-state index in [1.807, 2.05) is 19.1 Å². The van der Waals surface area contributed by atoms with E-state index in [4.69, 9.17) is 10.2 Å². The van der Waals surface area contributed by atoms with E-state index in [9.17, 15) is 4.79 Å². The van der Waals surface area contributed by atoms with Crippen molar-refractivity contribution in [1.82, 2.24) is 10.2 Å². The van der Waals surface area contributed by atoms with Crippen LogP contribution in [0.15, 0.2) is 35.1 Å². The second kappa shape index (κ2) is 7.92. The first-order valence-corrected chi connectivity index (χ1v) is 8.15. The Morgan fingerprint density at radius 2 is 2.23 bits per heavy atom. The molecule has 1 aromatic rings. The van der Waals surface area contributed by atoms with Gasteiger partial charge in [-0.3, -0.25) is 0 Å². The first-order valence-electron chi connectivity index (χ1n) is 8.15. The van der Waals surface area contributed by atoms with Crippen molar-refractivity contribution in [2.75, 3.05) is 0 Å². The summed E-state index contributed by atoms with van der Waals surface area (Å²) in [7, 11) is 0. The number of nitrogens with zero attached hydrogens (tertiary/aromatic N) is 1.